The van der Waals surface area contributed by atoms with E-state index in [1.54, 1.807) is 6.20 Å². The van der Waals surface area contributed by atoms with Gasteiger partial charge in [-0.3, -0.25) is 0 Å². The Morgan fingerprint density at radius 1 is 1.25 bits per heavy atom. The van der Waals surface area contributed by atoms with Crippen LogP contribution in [0.4, 0.5) is 5.69 Å². The molecule has 0 unspecified atom stereocenters. The lowest BCUT2D eigenvalue weighted by atomic mass is 9.92. The highest BCUT2D eigenvalue weighted by atomic mass is 35.5. The number of rotatable bonds is 2. The number of fused-ring (bicyclic) bond motifs is 1. The van der Waals surface area contributed by atoms with E-state index in [9.17, 15) is 0 Å². The second-order valence-corrected chi connectivity index (χ2v) is 4.80. The number of nitrogens with one attached hydrogen (secondary N) is 1. The molecule has 1 fully saturated rings. The summed E-state index contributed by atoms with van der Waals surface area (Å²) in [7, 11) is 0. The van der Waals surface area contributed by atoms with E-state index in [-0.39, 0.29) is 0 Å². The number of nitrogens with zero attached hydrogens (tertiary/aromatic N) is 2. The lowest BCUT2D eigenvalue weighted by molar-refractivity contribution is 0.455. The number of hydrogen-bond acceptors (Lipinski definition) is 3. The van der Waals surface area contributed by atoms with E-state index in [0.717, 1.165) is 29.4 Å². The van der Waals surface area contributed by atoms with Crippen LogP contribution in [0.3, 0.4) is 0 Å². The number of hydrogen-bond donors (Lipinski definition) is 1. The lowest BCUT2D eigenvalue weighted by Crippen LogP contribution is -2.36. The first-order valence-electron chi connectivity index (χ1n) is 5.44. The van der Waals surface area contributed by atoms with Gasteiger partial charge in [0.2, 0.25) is 0 Å². The van der Waals surface area contributed by atoms with E-state index in [0.29, 0.717) is 11.4 Å². The maximum absolute atomic E-state index is 5.96. The Morgan fingerprint density at radius 3 is 2.88 bits per heavy atom. The summed E-state index contributed by atoms with van der Waals surface area (Å²) in [5, 5.41) is 13.0. The molecular formula is C12H12ClN3. The van der Waals surface area contributed by atoms with Crippen molar-refractivity contribution < 1.29 is 0 Å². The van der Waals surface area contributed by atoms with E-state index in [1.807, 2.05) is 18.2 Å². The zero-order valence-corrected chi connectivity index (χ0v) is 9.48. The van der Waals surface area contributed by atoms with Crippen LogP contribution in [0.25, 0.3) is 10.9 Å². The van der Waals surface area contributed by atoms with Crippen LogP contribution in [0.5, 0.6) is 0 Å². The summed E-state index contributed by atoms with van der Waals surface area (Å²) in [6.45, 7) is 0. The Morgan fingerprint density at radius 2 is 2.06 bits per heavy atom. The molecule has 82 valence electrons. The molecule has 16 heavy (non-hydrogen) atoms. The zero-order chi connectivity index (χ0) is 11.0. The minimum atomic E-state index is 0.332. The summed E-state index contributed by atoms with van der Waals surface area (Å²) in [6, 6.07) is 8.50. The molecule has 1 aromatic carbocycles. The molecular weight excluding hydrogens is 222 g/mol. The van der Waals surface area contributed by atoms with Gasteiger partial charge in [0.25, 0.3) is 0 Å². The number of anilines is 1. The highest BCUT2D eigenvalue weighted by Gasteiger charge is 2.27. The number of halogens is 1. The average Bonchev–Trinajstić information content (AvgIpc) is 2.27. The number of aromatic nitrogens is 2. The molecule has 1 saturated carbocycles. The Hall–Kier alpha value is -1.35. The first-order chi connectivity index (χ1) is 7.83. The molecule has 1 N–H and O–H groups in total. The molecule has 3 nitrogen and oxygen atoms in total. The summed E-state index contributed by atoms with van der Waals surface area (Å²) in [6.07, 6.45) is 3.83. The Bertz CT molecular complexity index is 503. The van der Waals surface area contributed by atoms with Gasteiger partial charge >= 0.3 is 0 Å². The third-order valence-electron chi connectivity index (χ3n) is 2.99. The molecule has 1 aliphatic rings. The SMILES string of the molecule is ClC1CC(Nc2cnnc3ccccc23)C1. The number of alkyl halides is 1. The highest BCUT2D eigenvalue weighted by molar-refractivity contribution is 6.21. The van der Waals surface area contributed by atoms with Gasteiger partial charge in [0, 0.05) is 16.8 Å². The fourth-order valence-electron chi connectivity index (χ4n) is 2.01. The summed E-state index contributed by atoms with van der Waals surface area (Å²) >= 11 is 5.96. The Labute approximate surface area is 98.8 Å². The summed E-state index contributed by atoms with van der Waals surface area (Å²) in [5.74, 6) is 0. The first-order valence-corrected chi connectivity index (χ1v) is 5.87. The topological polar surface area (TPSA) is 37.8 Å². The van der Waals surface area contributed by atoms with Crippen molar-refractivity contribution in [3.63, 3.8) is 0 Å². The monoisotopic (exact) mass is 233 g/mol. The van der Waals surface area contributed by atoms with Crippen molar-refractivity contribution in [3.8, 4) is 0 Å². The highest BCUT2D eigenvalue weighted by Crippen LogP contribution is 2.30. The second kappa shape index (κ2) is 3.91. The predicted molar refractivity (Wildman–Crippen MR) is 65.8 cm³/mol. The zero-order valence-electron chi connectivity index (χ0n) is 8.73. The molecule has 4 heteroatoms. The van der Waals surface area contributed by atoms with Gasteiger partial charge in [0.05, 0.1) is 17.4 Å². The van der Waals surface area contributed by atoms with Gasteiger partial charge in [0.1, 0.15) is 0 Å². The summed E-state index contributed by atoms with van der Waals surface area (Å²) < 4.78 is 0. The van der Waals surface area contributed by atoms with Gasteiger partial charge in [0.15, 0.2) is 0 Å². The smallest absolute Gasteiger partial charge is 0.0950 e. The quantitative estimate of drug-likeness (QED) is 0.811. The molecule has 1 heterocycles. The average molecular weight is 234 g/mol. The third-order valence-corrected chi connectivity index (χ3v) is 3.34. The molecule has 1 aliphatic carbocycles. The van der Waals surface area contributed by atoms with Crippen molar-refractivity contribution in [1.29, 1.82) is 0 Å². The van der Waals surface area contributed by atoms with Crippen molar-refractivity contribution in [1.82, 2.24) is 10.2 Å². The predicted octanol–water partition coefficient (Wildman–Crippen LogP) is 2.81. The van der Waals surface area contributed by atoms with Crippen LogP contribution >= 0.6 is 11.6 Å². The molecule has 0 saturated heterocycles. The molecule has 2 aromatic rings. The number of benzene rings is 1. The largest absolute Gasteiger partial charge is 0.380 e. The van der Waals surface area contributed by atoms with E-state index in [2.05, 4.69) is 21.6 Å². The van der Waals surface area contributed by atoms with Crippen LogP contribution in [0.1, 0.15) is 12.8 Å². The fraction of sp³-hybridized carbons (Fsp3) is 0.333. The van der Waals surface area contributed by atoms with Crippen LogP contribution in [0.15, 0.2) is 30.5 Å². The first kappa shape index (κ1) is 9.85. The Kier molecular flexibility index (Phi) is 2.40. The van der Waals surface area contributed by atoms with Gasteiger partial charge < -0.3 is 5.32 Å². The molecule has 0 radical (unpaired) electrons. The molecule has 0 bridgehead atoms. The van der Waals surface area contributed by atoms with Crippen LogP contribution < -0.4 is 5.32 Å². The second-order valence-electron chi connectivity index (χ2n) is 4.19. The maximum Gasteiger partial charge on any atom is 0.0950 e. The molecule has 1 aromatic heterocycles. The van der Waals surface area contributed by atoms with E-state index in [4.69, 9.17) is 11.6 Å². The van der Waals surface area contributed by atoms with Crippen LogP contribution in [0, 0.1) is 0 Å². The van der Waals surface area contributed by atoms with Crippen molar-refractivity contribution in [2.45, 2.75) is 24.3 Å². The van der Waals surface area contributed by atoms with Crippen molar-refractivity contribution >= 4 is 28.2 Å². The lowest BCUT2D eigenvalue weighted by Gasteiger charge is -2.32. The van der Waals surface area contributed by atoms with Crippen LogP contribution in [0.2, 0.25) is 0 Å². The third kappa shape index (κ3) is 1.71. The standard InChI is InChI=1S/C12H12ClN3/c13-8-5-9(6-8)15-12-7-14-16-11-4-2-1-3-10(11)12/h1-4,7-9H,5-6H2,(H,15,16). The normalized spacial score (nSPS) is 24.1. The van der Waals surface area contributed by atoms with Crippen molar-refractivity contribution in [2.75, 3.05) is 5.32 Å². The van der Waals surface area contributed by atoms with E-state index >= 15 is 0 Å². The molecule has 0 atom stereocenters. The van der Waals surface area contributed by atoms with Gasteiger partial charge in [-0.1, -0.05) is 18.2 Å². The maximum atomic E-state index is 5.96. The Balaban J connectivity index is 1.91. The fourth-order valence-corrected chi connectivity index (χ4v) is 2.44. The summed E-state index contributed by atoms with van der Waals surface area (Å²) in [4.78, 5) is 0. The molecule has 0 spiro atoms. The van der Waals surface area contributed by atoms with E-state index < -0.39 is 0 Å². The van der Waals surface area contributed by atoms with E-state index in [1.165, 1.54) is 0 Å². The molecule has 0 aliphatic heterocycles. The van der Waals surface area contributed by atoms with Gasteiger partial charge in [-0.25, -0.2) is 0 Å². The van der Waals surface area contributed by atoms with Crippen molar-refractivity contribution in [3.05, 3.63) is 30.5 Å². The van der Waals surface area contributed by atoms with Gasteiger partial charge in [-0.2, -0.15) is 10.2 Å². The molecule has 0 amide bonds. The van der Waals surface area contributed by atoms with Gasteiger partial charge in [-0.05, 0) is 18.9 Å². The minimum Gasteiger partial charge on any atom is -0.380 e. The summed E-state index contributed by atoms with van der Waals surface area (Å²) in [5.41, 5.74) is 1.98. The minimum absolute atomic E-state index is 0.332. The molecule has 3 rings (SSSR count). The van der Waals surface area contributed by atoms with Crippen LogP contribution in [-0.4, -0.2) is 21.6 Å². The van der Waals surface area contributed by atoms with Crippen molar-refractivity contribution in [2.24, 2.45) is 0 Å². The van der Waals surface area contributed by atoms with Gasteiger partial charge in [-0.15, -0.1) is 11.6 Å². The van der Waals surface area contributed by atoms with Crippen LogP contribution in [-0.2, 0) is 0 Å².